The van der Waals surface area contributed by atoms with Crippen LogP contribution in [0.15, 0.2) is 72.9 Å². The second-order valence-electron chi connectivity index (χ2n) is 9.73. The van der Waals surface area contributed by atoms with Gasteiger partial charge < -0.3 is 9.84 Å². The maximum atomic E-state index is 12.3. The highest BCUT2D eigenvalue weighted by Gasteiger charge is 2.22. The molecular weight excluding hydrogens is 706 g/mol. The number of esters is 1. The molecule has 0 aromatic heterocycles. The number of hydrogen-bond donors (Lipinski definition) is 1. The summed E-state index contributed by atoms with van der Waals surface area (Å²) >= 11 is 4.34. The number of Topliss-reactive ketones (excluding diaryl/α,β-unsaturated/α-hetero) is 2. The fourth-order valence-corrected chi connectivity index (χ4v) is 3.79. The molecule has 0 heterocycles. The van der Waals surface area contributed by atoms with E-state index in [1.54, 1.807) is 39.8 Å². The molecule has 1 aromatic carbocycles. The van der Waals surface area contributed by atoms with E-state index >= 15 is 0 Å². The zero-order valence-corrected chi connectivity index (χ0v) is 28.1. The van der Waals surface area contributed by atoms with Crippen LogP contribution in [0.2, 0.25) is 0 Å². The minimum atomic E-state index is -0.412. The molecule has 0 saturated heterocycles. The molecule has 1 aromatic rings. The first-order valence-corrected chi connectivity index (χ1v) is 15.1. The van der Waals surface area contributed by atoms with Gasteiger partial charge in [0.2, 0.25) is 0 Å². The molecule has 0 bridgehead atoms. The lowest BCUT2D eigenvalue weighted by atomic mass is 9.95. The summed E-state index contributed by atoms with van der Waals surface area (Å²) in [6, 6.07) is 8.96. The minimum absolute atomic E-state index is 0.0141. The highest BCUT2D eigenvalue weighted by molar-refractivity contribution is 14.1. The first-order valence-electron chi connectivity index (χ1n) is 12.6. The number of ether oxygens (including phenoxy) is 1. The van der Waals surface area contributed by atoms with Gasteiger partial charge in [0.1, 0.15) is 6.10 Å². The zero-order chi connectivity index (χ0) is 29.4. The van der Waals surface area contributed by atoms with Gasteiger partial charge in [0, 0.05) is 18.3 Å². The Morgan fingerprint density at radius 3 is 1.68 bits per heavy atom. The van der Waals surface area contributed by atoms with Crippen LogP contribution in [0.25, 0.3) is 0 Å². The molecule has 5 nitrogen and oxygen atoms in total. The van der Waals surface area contributed by atoms with E-state index in [2.05, 4.69) is 45.2 Å². The highest BCUT2D eigenvalue weighted by Crippen LogP contribution is 2.22. The van der Waals surface area contributed by atoms with E-state index in [1.165, 1.54) is 0 Å². The quantitative estimate of drug-likeness (QED) is 0.132. The molecule has 210 valence electrons. The Kier molecular flexibility index (Phi) is 18.7. The summed E-state index contributed by atoms with van der Waals surface area (Å²) in [4.78, 5) is 34.8. The van der Waals surface area contributed by atoms with E-state index in [-0.39, 0.29) is 35.5 Å². The van der Waals surface area contributed by atoms with Crippen molar-refractivity contribution < 1.29 is 24.2 Å². The molecule has 0 radical (unpaired) electrons. The lowest BCUT2D eigenvalue weighted by molar-refractivity contribution is -0.114. The predicted molar refractivity (Wildman–Crippen MR) is 174 cm³/mol. The Morgan fingerprint density at radius 1 is 0.789 bits per heavy atom. The number of hydrogen-bond acceptors (Lipinski definition) is 5. The molecule has 0 fully saturated rings. The summed E-state index contributed by atoms with van der Waals surface area (Å²) in [5.74, 6) is -0.267. The topological polar surface area (TPSA) is 80.7 Å². The monoisotopic (exact) mass is 748 g/mol. The average Bonchev–Trinajstić information content (AvgIpc) is 2.88. The van der Waals surface area contributed by atoms with Crippen LogP contribution in [0.4, 0.5) is 0 Å². The third kappa shape index (κ3) is 15.1. The lowest BCUT2D eigenvalue weighted by Gasteiger charge is -2.23. The van der Waals surface area contributed by atoms with E-state index in [1.807, 2.05) is 66.2 Å². The van der Waals surface area contributed by atoms with Gasteiger partial charge in [-0.1, -0.05) is 101 Å². The Bertz CT molecular complexity index is 1040. The molecule has 0 amide bonds. The van der Waals surface area contributed by atoms with E-state index in [9.17, 15) is 19.5 Å². The fraction of sp³-hybridized carbons (Fsp3) is 0.452. The van der Waals surface area contributed by atoms with Gasteiger partial charge in [0.15, 0.2) is 11.6 Å². The Morgan fingerprint density at radius 2 is 1.24 bits per heavy atom. The molecule has 1 N–H and O–H groups in total. The van der Waals surface area contributed by atoms with Crippen molar-refractivity contribution in [2.45, 2.75) is 80.4 Å². The smallest absolute Gasteiger partial charge is 0.338 e. The van der Waals surface area contributed by atoms with E-state index < -0.39 is 6.10 Å². The fourth-order valence-electron chi connectivity index (χ4n) is 3.28. The van der Waals surface area contributed by atoms with E-state index in [0.29, 0.717) is 24.0 Å². The number of benzene rings is 1. The van der Waals surface area contributed by atoms with Crippen LogP contribution in [-0.4, -0.2) is 34.9 Å². The molecule has 0 unspecified atom stereocenters. The van der Waals surface area contributed by atoms with Crippen molar-refractivity contribution in [2.75, 3.05) is 0 Å². The maximum absolute atomic E-state index is 12.3. The van der Waals surface area contributed by atoms with Crippen molar-refractivity contribution in [3.63, 3.8) is 0 Å². The molecular formula is C31H42I2O5. The van der Waals surface area contributed by atoms with Crippen LogP contribution in [0.1, 0.15) is 78.6 Å². The molecule has 1 rings (SSSR count). The summed E-state index contributed by atoms with van der Waals surface area (Å²) in [6.45, 7) is 14.5. The highest BCUT2D eigenvalue weighted by atomic mass is 127. The van der Waals surface area contributed by atoms with Gasteiger partial charge in [0.25, 0.3) is 0 Å². The summed E-state index contributed by atoms with van der Waals surface area (Å²) in [5.41, 5.74) is 4.24. The molecule has 0 spiro atoms. The zero-order valence-electron chi connectivity index (χ0n) is 23.8. The number of halogens is 2. The van der Waals surface area contributed by atoms with Crippen molar-refractivity contribution in [3.8, 4) is 0 Å². The first-order chi connectivity index (χ1) is 17.7. The predicted octanol–water partition coefficient (Wildman–Crippen LogP) is 8.36. The van der Waals surface area contributed by atoms with Gasteiger partial charge in [-0.2, -0.15) is 0 Å². The molecule has 38 heavy (non-hydrogen) atoms. The molecule has 0 aliphatic heterocycles. The van der Waals surface area contributed by atoms with Gasteiger partial charge in [-0.15, -0.1) is 0 Å². The van der Waals surface area contributed by atoms with Gasteiger partial charge in [0.05, 0.1) is 11.7 Å². The number of carbonyl (C=O) groups is 3. The molecule has 0 aliphatic carbocycles. The number of ketones is 2. The van der Waals surface area contributed by atoms with E-state index in [4.69, 9.17) is 4.74 Å². The second kappa shape index (κ2) is 19.5. The Hall–Kier alpha value is -1.59. The summed E-state index contributed by atoms with van der Waals surface area (Å²) in [7, 11) is 0. The van der Waals surface area contributed by atoms with Crippen LogP contribution in [0.3, 0.4) is 0 Å². The number of allylic oxidation sites excluding steroid dienone is 2. The standard InChI is InChI=1S/C19H23IO3.C12H19IO2/c1-13(12-20)10-18(15(3)11-14(2)16(4)21)23-19(22)17-8-6-5-7-9-17;1-8(7-13)5-12(15)10(3)6-9(2)11(4)14/h5-9,11-12,15,18H,10H2,1-4H3;6-7,10,12,15H,5H2,1-4H3/b13-12+,14-11+;8-7+,9-6+/t15-,18-;10-,12+/m11/s1. The normalized spacial score (nSPS) is 16.0. The van der Waals surface area contributed by atoms with Crippen LogP contribution in [-0.2, 0) is 14.3 Å². The Labute approximate surface area is 256 Å². The van der Waals surface area contributed by atoms with Crippen LogP contribution < -0.4 is 0 Å². The van der Waals surface area contributed by atoms with Crippen molar-refractivity contribution in [2.24, 2.45) is 11.8 Å². The SMILES string of the molecule is CC(=O)/C(C)=C/[C@@H](C)[C@@H](C/C(C)=C/I)OC(=O)c1ccccc1.CC(=O)/C(C)=C/[C@@H](C)[C@@H](O)C/C(C)=C/I. The van der Waals surface area contributed by atoms with Gasteiger partial charge in [-0.05, 0) is 79.4 Å². The van der Waals surface area contributed by atoms with Crippen LogP contribution in [0.5, 0.6) is 0 Å². The summed E-state index contributed by atoms with van der Waals surface area (Å²) in [6.07, 6.45) is 4.31. The number of aliphatic hydroxyl groups excluding tert-OH is 1. The van der Waals surface area contributed by atoms with Crippen LogP contribution >= 0.6 is 45.2 Å². The van der Waals surface area contributed by atoms with Crippen molar-refractivity contribution >= 4 is 62.7 Å². The summed E-state index contributed by atoms with van der Waals surface area (Å²) in [5, 5.41) is 9.85. The molecule has 7 heteroatoms. The molecule has 0 saturated carbocycles. The number of aliphatic hydroxyl groups is 1. The van der Waals surface area contributed by atoms with Crippen molar-refractivity contribution in [1.29, 1.82) is 0 Å². The van der Waals surface area contributed by atoms with E-state index in [0.717, 1.165) is 16.7 Å². The third-order valence-electron chi connectivity index (χ3n) is 6.02. The maximum Gasteiger partial charge on any atom is 0.338 e. The van der Waals surface area contributed by atoms with Crippen molar-refractivity contribution in [1.82, 2.24) is 0 Å². The Balaban J connectivity index is 0.000000793. The minimum Gasteiger partial charge on any atom is -0.458 e. The van der Waals surface area contributed by atoms with Gasteiger partial charge in [-0.3, -0.25) is 9.59 Å². The lowest BCUT2D eigenvalue weighted by Crippen LogP contribution is -2.25. The average molecular weight is 748 g/mol. The second-order valence-corrected chi connectivity index (χ2v) is 11.0. The largest absolute Gasteiger partial charge is 0.458 e. The number of carbonyl (C=O) groups excluding carboxylic acids is 3. The van der Waals surface area contributed by atoms with Crippen LogP contribution in [0, 0.1) is 11.8 Å². The van der Waals surface area contributed by atoms with Gasteiger partial charge >= 0.3 is 5.97 Å². The first kappa shape index (κ1) is 36.4. The molecule has 4 atom stereocenters. The number of rotatable bonds is 12. The van der Waals surface area contributed by atoms with Crippen molar-refractivity contribution in [3.05, 3.63) is 78.5 Å². The molecule has 0 aliphatic rings. The van der Waals surface area contributed by atoms with Gasteiger partial charge in [-0.25, -0.2) is 4.79 Å². The summed E-state index contributed by atoms with van der Waals surface area (Å²) < 4.78 is 9.66. The third-order valence-corrected chi connectivity index (χ3v) is 8.15.